The van der Waals surface area contributed by atoms with Gasteiger partial charge in [0.25, 0.3) is 5.91 Å². The van der Waals surface area contributed by atoms with Crippen molar-refractivity contribution in [2.24, 2.45) is 11.8 Å². The molecule has 6 nitrogen and oxygen atoms in total. The minimum absolute atomic E-state index is 0.0237. The van der Waals surface area contributed by atoms with E-state index in [4.69, 9.17) is 5.73 Å². The van der Waals surface area contributed by atoms with Gasteiger partial charge >= 0.3 is 5.69 Å². The zero-order valence-electron chi connectivity index (χ0n) is 11.0. The normalized spacial score (nSPS) is 27.5. The third-order valence-electron chi connectivity index (χ3n) is 4.55. The van der Waals surface area contributed by atoms with Crippen molar-refractivity contribution in [2.45, 2.75) is 31.7 Å². The number of nitrogens with zero attached hydrogens (tertiary/aromatic N) is 1. The fourth-order valence-electron chi connectivity index (χ4n) is 3.62. The maximum atomic E-state index is 12.3. The first-order valence-corrected chi connectivity index (χ1v) is 6.90. The van der Waals surface area contributed by atoms with Crippen LogP contribution in [0.15, 0.2) is 18.2 Å². The van der Waals surface area contributed by atoms with Gasteiger partial charge in [-0.05, 0) is 43.2 Å². The minimum Gasteiger partial charge on any atom is -0.393 e. The van der Waals surface area contributed by atoms with Gasteiger partial charge in [0, 0.05) is 6.04 Å². The van der Waals surface area contributed by atoms with E-state index in [0.717, 1.165) is 12.8 Å². The lowest BCUT2D eigenvalue weighted by atomic mass is 9.95. The lowest BCUT2D eigenvalue weighted by Gasteiger charge is -2.22. The van der Waals surface area contributed by atoms with Gasteiger partial charge in [-0.15, -0.1) is 0 Å². The number of hydrogen-bond acceptors (Lipinski definition) is 4. The number of rotatable bonds is 3. The third-order valence-corrected chi connectivity index (χ3v) is 4.55. The molecule has 2 fully saturated rings. The fraction of sp³-hybridized carbons (Fsp3) is 0.500. The molecule has 2 saturated carbocycles. The predicted octanol–water partition coefficient (Wildman–Crippen LogP) is 2.10. The molecule has 3 unspecified atom stereocenters. The summed E-state index contributed by atoms with van der Waals surface area (Å²) in [6.45, 7) is 0. The fourth-order valence-corrected chi connectivity index (χ4v) is 3.62. The molecular formula is C14H17N3O3. The Morgan fingerprint density at radius 3 is 2.75 bits per heavy atom. The number of fused-ring (bicyclic) bond motifs is 2. The number of nitro benzene ring substituents is 1. The van der Waals surface area contributed by atoms with E-state index in [-0.39, 0.29) is 28.9 Å². The molecule has 3 atom stereocenters. The zero-order valence-corrected chi connectivity index (χ0v) is 11.0. The van der Waals surface area contributed by atoms with Crippen LogP contribution in [0.1, 0.15) is 36.0 Å². The van der Waals surface area contributed by atoms with Crippen molar-refractivity contribution in [3.63, 3.8) is 0 Å². The number of nitrogens with two attached hydrogens (primary N) is 1. The number of nitro groups is 1. The highest BCUT2D eigenvalue weighted by molar-refractivity contribution is 6.00. The Kier molecular flexibility index (Phi) is 3.08. The molecule has 2 aliphatic carbocycles. The second-order valence-corrected chi connectivity index (χ2v) is 5.76. The Hall–Kier alpha value is -2.11. The molecule has 106 valence electrons. The Morgan fingerprint density at radius 1 is 1.35 bits per heavy atom. The van der Waals surface area contributed by atoms with Crippen molar-refractivity contribution in [1.82, 2.24) is 5.32 Å². The highest BCUT2D eigenvalue weighted by Crippen LogP contribution is 2.44. The highest BCUT2D eigenvalue weighted by Gasteiger charge is 2.40. The number of anilines is 1. The van der Waals surface area contributed by atoms with Crippen LogP contribution in [-0.4, -0.2) is 16.9 Å². The third kappa shape index (κ3) is 2.11. The van der Waals surface area contributed by atoms with E-state index in [2.05, 4.69) is 5.32 Å². The van der Waals surface area contributed by atoms with Crippen LogP contribution in [0.25, 0.3) is 0 Å². The molecule has 3 rings (SSSR count). The van der Waals surface area contributed by atoms with Crippen molar-refractivity contribution < 1.29 is 9.72 Å². The van der Waals surface area contributed by atoms with E-state index in [1.807, 2.05) is 0 Å². The average molecular weight is 275 g/mol. The smallest absolute Gasteiger partial charge is 0.304 e. The van der Waals surface area contributed by atoms with E-state index in [9.17, 15) is 14.9 Å². The number of nitrogen functional groups attached to an aromatic ring is 1. The molecular weight excluding hydrogens is 258 g/mol. The van der Waals surface area contributed by atoms with Crippen molar-refractivity contribution >= 4 is 17.3 Å². The zero-order chi connectivity index (χ0) is 14.3. The number of hydrogen-bond donors (Lipinski definition) is 2. The molecule has 3 N–H and O–H groups in total. The van der Waals surface area contributed by atoms with E-state index in [1.165, 1.54) is 25.0 Å². The van der Waals surface area contributed by atoms with Crippen LogP contribution in [0, 0.1) is 22.0 Å². The lowest BCUT2D eigenvalue weighted by Crippen LogP contribution is -2.38. The summed E-state index contributed by atoms with van der Waals surface area (Å²) in [6.07, 6.45) is 4.56. The molecule has 0 aliphatic heterocycles. The molecule has 2 aliphatic rings. The highest BCUT2D eigenvalue weighted by atomic mass is 16.6. The summed E-state index contributed by atoms with van der Waals surface area (Å²) in [5.74, 6) is 0.853. The van der Waals surface area contributed by atoms with Crippen LogP contribution in [0.3, 0.4) is 0 Å². The second-order valence-electron chi connectivity index (χ2n) is 5.76. The standard InChI is InChI=1S/C14H17N3O3/c15-11-3-1-2-10(13(11)17(19)20)14(18)16-12-7-8-4-5-9(12)6-8/h1-3,8-9,12H,4-7,15H2,(H,16,18). The van der Waals surface area contributed by atoms with Crippen LogP contribution < -0.4 is 11.1 Å². The second kappa shape index (κ2) is 4.77. The van der Waals surface area contributed by atoms with E-state index in [0.29, 0.717) is 11.8 Å². The summed E-state index contributed by atoms with van der Waals surface area (Å²) in [5, 5.41) is 14.0. The Balaban J connectivity index is 1.81. The van der Waals surface area contributed by atoms with Gasteiger partial charge < -0.3 is 11.1 Å². The van der Waals surface area contributed by atoms with Gasteiger partial charge in [-0.1, -0.05) is 12.5 Å². The van der Waals surface area contributed by atoms with Gasteiger partial charge in [-0.25, -0.2) is 0 Å². The first kappa shape index (κ1) is 12.9. The molecule has 0 spiro atoms. The quantitative estimate of drug-likeness (QED) is 0.501. The largest absolute Gasteiger partial charge is 0.393 e. The van der Waals surface area contributed by atoms with E-state index >= 15 is 0 Å². The number of carbonyl (C=O) groups is 1. The molecule has 20 heavy (non-hydrogen) atoms. The summed E-state index contributed by atoms with van der Waals surface area (Å²) in [7, 11) is 0. The van der Waals surface area contributed by atoms with Gasteiger partial charge in [0.1, 0.15) is 11.3 Å². The van der Waals surface area contributed by atoms with Gasteiger partial charge in [0.15, 0.2) is 0 Å². The molecule has 1 aromatic carbocycles. The van der Waals surface area contributed by atoms with Crippen LogP contribution >= 0.6 is 0 Å². The first-order chi connectivity index (χ1) is 9.56. The van der Waals surface area contributed by atoms with Crippen LogP contribution in [0.5, 0.6) is 0 Å². The Bertz CT molecular complexity index is 573. The number of para-hydroxylation sites is 1. The van der Waals surface area contributed by atoms with Crippen molar-refractivity contribution in [3.05, 3.63) is 33.9 Å². The first-order valence-electron chi connectivity index (χ1n) is 6.90. The average Bonchev–Trinajstić information content (AvgIpc) is 3.00. The molecule has 1 aromatic rings. The van der Waals surface area contributed by atoms with Crippen LogP contribution in [0.2, 0.25) is 0 Å². The summed E-state index contributed by atoms with van der Waals surface area (Å²) in [4.78, 5) is 22.7. The number of benzene rings is 1. The number of nitrogens with one attached hydrogen (secondary N) is 1. The van der Waals surface area contributed by atoms with Crippen molar-refractivity contribution in [2.75, 3.05) is 5.73 Å². The molecule has 0 saturated heterocycles. The van der Waals surface area contributed by atoms with E-state index < -0.39 is 4.92 Å². The monoisotopic (exact) mass is 275 g/mol. The molecule has 0 aromatic heterocycles. The number of carbonyl (C=O) groups excluding carboxylic acids is 1. The summed E-state index contributed by atoms with van der Waals surface area (Å²) in [5.41, 5.74) is 5.39. The van der Waals surface area contributed by atoms with Gasteiger partial charge in [0.05, 0.1) is 4.92 Å². The maximum Gasteiger partial charge on any atom is 0.304 e. The van der Waals surface area contributed by atoms with Crippen molar-refractivity contribution in [3.8, 4) is 0 Å². The molecule has 6 heteroatoms. The van der Waals surface area contributed by atoms with E-state index in [1.54, 1.807) is 6.07 Å². The van der Waals surface area contributed by atoms with Crippen molar-refractivity contribution in [1.29, 1.82) is 0 Å². The van der Waals surface area contributed by atoms with Crippen LogP contribution in [-0.2, 0) is 0 Å². The topological polar surface area (TPSA) is 98.3 Å². The minimum atomic E-state index is -0.592. The molecule has 0 heterocycles. The number of amides is 1. The Labute approximate surface area is 116 Å². The predicted molar refractivity (Wildman–Crippen MR) is 74.2 cm³/mol. The van der Waals surface area contributed by atoms with Crippen LogP contribution in [0.4, 0.5) is 11.4 Å². The molecule has 1 amide bonds. The molecule has 2 bridgehead atoms. The molecule has 0 radical (unpaired) electrons. The summed E-state index contributed by atoms with van der Waals surface area (Å²) < 4.78 is 0. The summed E-state index contributed by atoms with van der Waals surface area (Å²) >= 11 is 0. The lowest BCUT2D eigenvalue weighted by molar-refractivity contribution is -0.384. The summed E-state index contributed by atoms with van der Waals surface area (Å²) in [6, 6.07) is 4.61. The SMILES string of the molecule is Nc1cccc(C(=O)NC2CC3CCC2C3)c1[N+](=O)[O-]. The maximum absolute atomic E-state index is 12.3. The van der Waals surface area contributed by atoms with Gasteiger partial charge in [-0.2, -0.15) is 0 Å². The van der Waals surface area contributed by atoms with Gasteiger partial charge in [-0.3, -0.25) is 14.9 Å². The Morgan fingerprint density at radius 2 is 2.15 bits per heavy atom. The van der Waals surface area contributed by atoms with Gasteiger partial charge in [0.2, 0.25) is 0 Å².